The molecule has 19 heavy (non-hydrogen) atoms. The highest BCUT2D eigenvalue weighted by Crippen LogP contribution is 2.23. The number of benzene rings is 2. The maximum absolute atomic E-state index is 12.0. The molecule has 0 amide bonds. The van der Waals surface area contributed by atoms with Gasteiger partial charge in [-0.1, -0.05) is 60.7 Å². The summed E-state index contributed by atoms with van der Waals surface area (Å²) in [6.45, 7) is 0. The molecule has 0 aromatic heterocycles. The van der Waals surface area contributed by atoms with Gasteiger partial charge in [-0.15, -0.1) is 0 Å². The van der Waals surface area contributed by atoms with Gasteiger partial charge in [0, 0.05) is 12.8 Å². The maximum Gasteiger partial charge on any atom is 0.190 e. The van der Waals surface area contributed by atoms with Crippen molar-refractivity contribution >= 4 is 5.78 Å². The molecule has 0 saturated carbocycles. The molecule has 0 N–H and O–H groups in total. The van der Waals surface area contributed by atoms with Crippen molar-refractivity contribution in [2.45, 2.75) is 25.0 Å². The first kappa shape index (κ1) is 12.1. The quantitative estimate of drug-likeness (QED) is 0.836. The number of ether oxygens (including phenoxy) is 1. The summed E-state index contributed by atoms with van der Waals surface area (Å²) in [5.41, 5.74) is 2.30. The van der Waals surface area contributed by atoms with E-state index in [1.54, 1.807) is 0 Å². The number of carbonyl (C=O) groups excluding carboxylic acids is 1. The topological polar surface area (TPSA) is 26.3 Å². The summed E-state index contributed by atoms with van der Waals surface area (Å²) in [6, 6.07) is 20.0. The Labute approximate surface area is 113 Å². The first-order valence-corrected chi connectivity index (χ1v) is 6.60. The smallest absolute Gasteiger partial charge is 0.190 e. The average Bonchev–Trinajstić information content (AvgIpc) is 2.48. The normalized spacial score (nSPS) is 22.0. The monoisotopic (exact) mass is 252 g/mol. The molecule has 0 aliphatic carbocycles. The third-order valence-corrected chi connectivity index (χ3v) is 3.49. The van der Waals surface area contributed by atoms with Gasteiger partial charge in [-0.2, -0.15) is 0 Å². The van der Waals surface area contributed by atoms with E-state index in [0.717, 1.165) is 11.1 Å². The largest absolute Gasteiger partial charge is 0.359 e. The molecule has 0 radical (unpaired) electrons. The fourth-order valence-corrected chi connectivity index (χ4v) is 2.42. The SMILES string of the molecule is O=C1[C@H](Cc2ccccc2)O[C@H]1Cc1ccccc1. The zero-order valence-corrected chi connectivity index (χ0v) is 10.7. The van der Waals surface area contributed by atoms with E-state index in [4.69, 9.17) is 4.74 Å². The molecule has 1 aliphatic heterocycles. The van der Waals surface area contributed by atoms with Crippen molar-refractivity contribution in [3.05, 3.63) is 71.8 Å². The zero-order valence-electron chi connectivity index (χ0n) is 10.7. The summed E-state index contributed by atoms with van der Waals surface area (Å²) < 4.78 is 5.71. The van der Waals surface area contributed by atoms with E-state index in [1.165, 1.54) is 0 Å². The van der Waals surface area contributed by atoms with Gasteiger partial charge >= 0.3 is 0 Å². The van der Waals surface area contributed by atoms with Crippen molar-refractivity contribution in [3.63, 3.8) is 0 Å². The van der Waals surface area contributed by atoms with Gasteiger partial charge in [-0.05, 0) is 11.1 Å². The van der Waals surface area contributed by atoms with Crippen molar-refractivity contribution in [2.24, 2.45) is 0 Å². The Morgan fingerprint density at radius 3 is 1.53 bits per heavy atom. The molecule has 96 valence electrons. The van der Waals surface area contributed by atoms with E-state index in [1.807, 2.05) is 60.7 Å². The molecule has 2 atom stereocenters. The summed E-state index contributed by atoms with van der Waals surface area (Å²) in [4.78, 5) is 12.0. The molecule has 1 saturated heterocycles. The van der Waals surface area contributed by atoms with Gasteiger partial charge in [-0.3, -0.25) is 4.79 Å². The van der Waals surface area contributed by atoms with E-state index >= 15 is 0 Å². The Morgan fingerprint density at radius 2 is 1.16 bits per heavy atom. The lowest BCUT2D eigenvalue weighted by atomic mass is 9.92. The number of hydrogen-bond donors (Lipinski definition) is 0. The molecule has 0 bridgehead atoms. The highest BCUT2D eigenvalue weighted by Gasteiger charge is 2.40. The fraction of sp³-hybridized carbons (Fsp3) is 0.235. The predicted octanol–water partition coefficient (Wildman–Crippen LogP) is 2.81. The van der Waals surface area contributed by atoms with E-state index < -0.39 is 0 Å². The third kappa shape index (κ3) is 2.74. The predicted molar refractivity (Wildman–Crippen MR) is 74.0 cm³/mol. The number of rotatable bonds is 4. The highest BCUT2D eigenvalue weighted by atomic mass is 16.5. The second kappa shape index (κ2) is 5.37. The van der Waals surface area contributed by atoms with Crippen molar-refractivity contribution in [3.8, 4) is 0 Å². The van der Waals surface area contributed by atoms with Gasteiger partial charge in [0.15, 0.2) is 5.78 Å². The van der Waals surface area contributed by atoms with Crippen LogP contribution in [0.5, 0.6) is 0 Å². The van der Waals surface area contributed by atoms with Gasteiger partial charge < -0.3 is 4.74 Å². The molecule has 1 fully saturated rings. The maximum atomic E-state index is 12.0. The molecular weight excluding hydrogens is 236 g/mol. The Kier molecular flexibility index (Phi) is 3.43. The first-order valence-electron chi connectivity index (χ1n) is 6.60. The lowest BCUT2D eigenvalue weighted by Crippen LogP contribution is -2.51. The molecule has 2 heteroatoms. The van der Waals surface area contributed by atoms with Crippen molar-refractivity contribution in [2.75, 3.05) is 0 Å². The molecule has 2 nitrogen and oxygen atoms in total. The summed E-state index contributed by atoms with van der Waals surface area (Å²) in [7, 11) is 0. The average molecular weight is 252 g/mol. The van der Waals surface area contributed by atoms with Crippen LogP contribution in [0.3, 0.4) is 0 Å². The summed E-state index contributed by atoms with van der Waals surface area (Å²) in [5.74, 6) is 0.229. The molecule has 2 aromatic carbocycles. The van der Waals surface area contributed by atoms with Crippen molar-refractivity contribution in [1.82, 2.24) is 0 Å². The molecular formula is C17H16O2. The first-order chi connectivity index (χ1) is 9.33. The standard InChI is InChI=1S/C17H16O2/c18-17-15(11-13-7-3-1-4-8-13)19-16(17)12-14-9-5-2-6-10-14/h1-10,15-16H,11-12H2/t15-,16-/m0/s1. The number of hydrogen-bond acceptors (Lipinski definition) is 2. The van der Waals surface area contributed by atoms with Crippen molar-refractivity contribution < 1.29 is 9.53 Å². The summed E-state index contributed by atoms with van der Waals surface area (Å²) in [6.07, 6.45) is 0.864. The molecule has 3 rings (SSSR count). The minimum absolute atomic E-state index is 0.229. The van der Waals surface area contributed by atoms with Crippen molar-refractivity contribution in [1.29, 1.82) is 0 Å². The molecule has 0 spiro atoms. The Bertz CT molecular complexity index is 498. The third-order valence-electron chi connectivity index (χ3n) is 3.49. The lowest BCUT2D eigenvalue weighted by molar-refractivity contribution is -0.171. The van der Waals surface area contributed by atoms with Gasteiger partial charge in [0.25, 0.3) is 0 Å². The minimum Gasteiger partial charge on any atom is -0.359 e. The van der Waals surface area contributed by atoms with Gasteiger partial charge in [0.05, 0.1) is 0 Å². The lowest BCUT2D eigenvalue weighted by Gasteiger charge is -2.34. The van der Waals surface area contributed by atoms with Crippen LogP contribution in [0.25, 0.3) is 0 Å². The van der Waals surface area contributed by atoms with E-state index in [9.17, 15) is 4.79 Å². The Hall–Kier alpha value is -1.93. The second-order valence-corrected chi connectivity index (χ2v) is 4.90. The van der Waals surface area contributed by atoms with Crippen LogP contribution in [-0.4, -0.2) is 18.0 Å². The van der Waals surface area contributed by atoms with Crippen LogP contribution in [-0.2, 0) is 22.4 Å². The van der Waals surface area contributed by atoms with Crippen LogP contribution in [0.1, 0.15) is 11.1 Å². The molecule has 1 heterocycles. The van der Waals surface area contributed by atoms with Crippen LogP contribution in [0.4, 0.5) is 0 Å². The van der Waals surface area contributed by atoms with Gasteiger partial charge in [-0.25, -0.2) is 0 Å². The van der Waals surface area contributed by atoms with Crippen LogP contribution >= 0.6 is 0 Å². The number of ketones is 1. The van der Waals surface area contributed by atoms with Gasteiger partial charge in [0.2, 0.25) is 0 Å². The van der Waals surface area contributed by atoms with Crippen LogP contribution < -0.4 is 0 Å². The zero-order chi connectivity index (χ0) is 13.1. The second-order valence-electron chi connectivity index (χ2n) is 4.90. The van der Waals surface area contributed by atoms with E-state index in [-0.39, 0.29) is 18.0 Å². The Balaban J connectivity index is 1.56. The summed E-state index contributed by atoms with van der Waals surface area (Å²) in [5, 5.41) is 0. The van der Waals surface area contributed by atoms with E-state index in [2.05, 4.69) is 0 Å². The van der Waals surface area contributed by atoms with Crippen LogP contribution in [0.15, 0.2) is 60.7 Å². The van der Waals surface area contributed by atoms with Crippen LogP contribution in [0, 0.1) is 0 Å². The molecule has 1 aliphatic rings. The highest BCUT2D eigenvalue weighted by molar-refractivity contribution is 5.92. The molecule has 2 aromatic rings. The summed E-state index contributed by atoms with van der Waals surface area (Å²) >= 11 is 0. The molecule has 0 unspecified atom stereocenters. The van der Waals surface area contributed by atoms with Gasteiger partial charge in [0.1, 0.15) is 12.2 Å². The number of Topliss-reactive ketones (excluding diaryl/α,β-unsaturated/α-hetero) is 1. The minimum atomic E-state index is -0.254. The Morgan fingerprint density at radius 1 is 0.737 bits per heavy atom. The van der Waals surface area contributed by atoms with E-state index in [0.29, 0.717) is 12.8 Å². The fourth-order valence-electron chi connectivity index (χ4n) is 2.42. The number of carbonyl (C=O) groups is 1. The van der Waals surface area contributed by atoms with Crippen LogP contribution in [0.2, 0.25) is 0 Å².